The molecule has 8 heteroatoms. The Bertz CT molecular complexity index is 1030. The first-order valence-corrected chi connectivity index (χ1v) is 12.6. The molecule has 0 bridgehead atoms. The van der Waals surface area contributed by atoms with Crippen molar-refractivity contribution in [2.24, 2.45) is 0 Å². The number of nitrogens with zero attached hydrogens (tertiary/aromatic N) is 1. The number of esters is 1. The number of hydrogen-bond donors (Lipinski definition) is 2. The highest BCUT2D eigenvalue weighted by molar-refractivity contribution is 5.79. The largest absolute Gasteiger partial charge is 0.497 e. The molecule has 35 heavy (non-hydrogen) atoms. The number of aliphatic hydroxyl groups is 2. The molecule has 0 saturated carbocycles. The van der Waals surface area contributed by atoms with Crippen LogP contribution in [0.1, 0.15) is 69.9 Å². The number of methoxy groups -OCH3 is 1. The van der Waals surface area contributed by atoms with E-state index in [2.05, 4.69) is 17.0 Å². The molecule has 5 rings (SSSR count). The van der Waals surface area contributed by atoms with E-state index < -0.39 is 23.3 Å². The van der Waals surface area contributed by atoms with Gasteiger partial charge in [-0.25, -0.2) is 4.79 Å². The van der Waals surface area contributed by atoms with Crippen LogP contribution >= 0.6 is 0 Å². The Morgan fingerprint density at radius 2 is 1.91 bits per heavy atom. The van der Waals surface area contributed by atoms with Crippen LogP contribution in [0.15, 0.2) is 24.0 Å². The molecule has 4 aliphatic rings. The lowest BCUT2D eigenvalue weighted by Crippen LogP contribution is -2.48. The normalized spacial score (nSPS) is 28.9. The van der Waals surface area contributed by atoms with Crippen molar-refractivity contribution < 1.29 is 34.0 Å². The first kappa shape index (κ1) is 24.4. The fourth-order valence-electron chi connectivity index (χ4n) is 6.30. The van der Waals surface area contributed by atoms with Gasteiger partial charge in [-0.2, -0.15) is 0 Å². The zero-order chi connectivity index (χ0) is 25.0. The number of ether oxygens (including phenoxy) is 4. The molecular formula is C27H37NO7. The van der Waals surface area contributed by atoms with Gasteiger partial charge in [0.05, 0.1) is 24.2 Å². The summed E-state index contributed by atoms with van der Waals surface area (Å²) in [5.74, 6) is 1.23. The molecule has 1 fully saturated rings. The summed E-state index contributed by atoms with van der Waals surface area (Å²) in [6.07, 6.45) is 5.52. The highest BCUT2D eigenvalue weighted by atomic mass is 16.7. The lowest BCUT2D eigenvalue weighted by molar-refractivity contribution is -0.171. The Morgan fingerprint density at radius 1 is 1.17 bits per heavy atom. The third-order valence-electron chi connectivity index (χ3n) is 8.09. The predicted molar refractivity (Wildman–Crippen MR) is 128 cm³/mol. The van der Waals surface area contributed by atoms with E-state index in [1.54, 1.807) is 21.0 Å². The lowest BCUT2D eigenvalue weighted by Gasteiger charge is -2.39. The van der Waals surface area contributed by atoms with Crippen LogP contribution in [0.4, 0.5) is 0 Å². The molecule has 0 radical (unpaired) electrons. The molecule has 2 N–H and O–H groups in total. The van der Waals surface area contributed by atoms with E-state index in [-0.39, 0.29) is 24.7 Å². The fourth-order valence-corrected chi connectivity index (χ4v) is 6.30. The minimum Gasteiger partial charge on any atom is -0.497 e. The maximum absolute atomic E-state index is 13.3. The van der Waals surface area contributed by atoms with E-state index in [9.17, 15) is 15.0 Å². The van der Waals surface area contributed by atoms with Crippen molar-refractivity contribution in [3.05, 3.63) is 35.1 Å². The number of carbonyl (C=O) groups is 1. The van der Waals surface area contributed by atoms with Crippen LogP contribution in [0.25, 0.3) is 0 Å². The van der Waals surface area contributed by atoms with Gasteiger partial charge in [0.25, 0.3) is 0 Å². The summed E-state index contributed by atoms with van der Waals surface area (Å²) in [7, 11) is 1.61. The van der Waals surface area contributed by atoms with E-state index in [0.717, 1.165) is 49.2 Å². The van der Waals surface area contributed by atoms with Gasteiger partial charge in [-0.05, 0) is 95.2 Å². The molecule has 192 valence electrons. The van der Waals surface area contributed by atoms with Gasteiger partial charge >= 0.3 is 5.97 Å². The standard InChI is InChI=1S/C27H37NO7/c1-25(2,30)8-5-9-26(3,31)24(29)35-23-21(32-4)15-27-10-6-11-28(27)12-7-17-13-19-20(34-16-33-19)14-18(17)22(23)27/h13-15,22-23,30-31H,5-12,16H2,1-4H3/t22-,23?,26+,27-/m1/s1. The zero-order valence-corrected chi connectivity index (χ0v) is 21.1. The number of benzene rings is 1. The zero-order valence-electron chi connectivity index (χ0n) is 21.1. The Labute approximate surface area is 206 Å². The molecule has 1 saturated heterocycles. The highest BCUT2D eigenvalue weighted by Crippen LogP contribution is 2.55. The van der Waals surface area contributed by atoms with Crippen LogP contribution in [0.5, 0.6) is 11.5 Å². The number of rotatable bonds is 7. The quantitative estimate of drug-likeness (QED) is 0.567. The van der Waals surface area contributed by atoms with Gasteiger partial charge < -0.3 is 29.2 Å². The summed E-state index contributed by atoms with van der Waals surface area (Å²) in [6.45, 7) is 6.99. The molecule has 0 aromatic heterocycles. The molecular weight excluding hydrogens is 450 g/mol. The third kappa shape index (κ3) is 4.30. The van der Waals surface area contributed by atoms with Gasteiger partial charge in [0.1, 0.15) is 5.76 Å². The van der Waals surface area contributed by atoms with Crippen LogP contribution < -0.4 is 9.47 Å². The maximum Gasteiger partial charge on any atom is 0.338 e. The summed E-state index contributed by atoms with van der Waals surface area (Å²) in [5, 5.41) is 21.0. The molecule has 0 amide bonds. The average Bonchev–Trinajstić information content (AvgIpc) is 3.46. The lowest BCUT2D eigenvalue weighted by atomic mass is 9.77. The Kier molecular flexibility index (Phi) is 6.05. The maximum atomic E-state index is 13.3. The Morgan fingerprint density at radius 3 is 2.63 bits per heavy atom. The number of fused-ring (bicyclic) bond motifs is 3. The second-order valence-corrected chi connectivity index (χ2v) is 11.2. The molecule has 3 heterocycles. The van der Waals surface area contributed by atoms with Crippen LogP contribution in [0.3, 0.4) is 0 Å². The summed E-state index contributed by atoms with van der Waals surface area (Å²) >= 11 is 0. The van der Waals surface area contributed by atoms with E-state index >= 15 is 0 Å². The number of hydrogen-bond acceptors (Lipinski definition) is 8. The van der Waals surface area contributed by atoms with Gasteiger partial charge in [0, 0.05) is 6.54 Å². The van der Waals surface area contributed by atoms with Crippen LogP contribution in [-0.2, 0) is 20.7 Å². The van der Waals surface area contributed by atoms with E-state index in [4.69, 9.17) is 18.9 Å². The Hall–Kier alpha value is -2.29. The topological polar surface area (TPSA) is 97.7 Å². The summed E-state index contributed by atoms with van der Waals surface area (Å²) < 4.78 is 23.3. The van der Waals surface area contributed by atoms with Crippen molar-refractivity contribution in [2.75, 3.05) is 27.0 Å². The SMILES string of the molecule is COC1=C[C@@]23CCCN2CCc2cc4c(cc2[C@@H]3C1OC(=O)[C@@](C)(O)CCCC(C)(C)O)OCO4. The van der Waals surface area contributed by atoms with E-state index in [1.165, 1.54) is 6.92 Å². The smallest absolute Gasteiger partial charge is 0.338 e. The van der Waals surface area contributed by atoms with Crippen LogP contribution in [-0.4, -0.2) is 70.9 Å². The molecule has 1 aliphatic carbocycles. The highest BCUT2D eigenvalue weighted by Gasteiger charge is 2.58. The van der Waals surface area contributed by atoms with Gasteiger partial charge in [-0.3, -0.25) is 4.90 Å². The van der Waals surface area contributed by atoms with Gasteiger partial charge in [0.15, 0.2) is 23.2 Å². The first-order chi connectivity index (χ1) is 16.5. The van der Waals surface area contributed by atoms with Gasteiger partial charge in [-0.15, -0.1) is 0 Å². The molecule has 8 nitrogen and oxygen atoms in total. The van der Waals surface area contributed by atoms with Crippen molar-refractivity contribution in [3.8, 4) is 11.5 Å². The van der Waals surface area contributed by atoms with Gasteiger partial charge in [-0.1, -0.05) is 0 Å². The van der Waals surface area contributed by atoms with Crippen LogP contribution in [0.2, 0.25) is 0 Å². The second kappa shape index (κ2) is 8.68. The third-order valence-corrected chi connectivity index (χ3v) is 8.09. The predicted octanol–water partition coefficient (Wildman–Crippen LogP) is 3.04. The van der Waals surface area contributed by atoms with Crippen molar-refractivity contribution >= 4 is 5.97 Å². The summed E-state index contributed by atoms with van der Waals surface area (Å²) in [4.78, 5) is 15.8. The van der Waals surface area contributed by atoms with Crippen LogP contribution in [0, 0.1) is 0 Å². The fraction of sp³-hybridized carbons (Fsp3) is 0.667. The van der Waals surface area contributed by atoms with E-state index in [0.29, 0.717) is 24.4 Å². The van der Waals surface area contributed by atoms with Crippen molar-refractivity contribution in [2.45, 2.75) is 88.1 Å². The van der Waals surface area contributed by atoms with Gasteiger partial charge in [0.2, 0.25) is 6.79 Å². The summed E-state index contributed by atoms with van der Waals surface area (Å²) in [5.41, 5.74) is -0.593. The second-order valence-electron chi connectivity index (χ2n) is 11.2. The van der Waals surface area contributed by atoms with Crippen molar-refractivity contribution in [1.29, 1.82) is 0 Å². The molecule has 1 unspecified atom stereocenters. The number of carbonyl (C=O) groups excluding carboxylic acids is 1. The average molecular weight is 488 g/mol. The molecule has 4 atom stereocenters. The Balaban J connectivity index is 1.47. The molecule has 3 aliphatic heterocycles. The van der Waals surface area contributed by atoms with E-state index in [1.807, 2.05) is 6.07 Å². The molecule has 1 aromatic carbocycles. The summed E-state index contributed by atoms with van der Waals surface area (Å²) in [6, 6.07) is 4.10. The van der Waals surface area contributed by atoms with Crippen molar-refractivity contribution in [1.82, 2.24) is 4.90 Å². The molecule has 1 spiro atoms. The molecule has 1 aromatic rings. The first-order valence-electron chi connectivity index (χ1n) is 12.6. The minimum absolute atomic E-state index is 0.178. The van der Waals surface area contributed by atoms with Crippen molar-refractivity contribution in [3.63, 3.8) is 0 Å². The monoisotopic (exact) mass is 487 g/mol. The minimum atomic E-state index is -1.67.